The lowest BCUT2D eigenvalue weighted by Crippen LogP contribution is -2.42. The van der Waals surface area contributed by atoms with Crippen LogP contribution in [0.3, 0.4) is 0 Å². The van der Waals surface area contributed by atoms with Gasteiger partial charge in [-0.25, -0.2) is 4.79 Å². The van der Waals surface area contributed by atoms with Crippen molar-refractivity contribution >= 4 is 23.5 Å². The quantitative estimate of drug-likeness (QED) is 0.546. The fraction of sp³-hybridized carbons (Fsp3) is 0.500. The lowest BCUT2D eigenvalue weighted by atomic mass is 10.0. The van der Waals surface area contributed by atoms with Crippen LogP contribution in [0.25, 0.3) is 0 Å². The average Bonchev–Trinajstić information content (AvgIpc) is 3.37. The van der Waals surface area contributed by atoms with Gasteiger partial charge in [0.15, 0.2) is 0 Å². The molecule has 136 valence electrons. The molecule has 0 spiro atoms. The Hall–Kier alpha value is -2.41. The summed E-state index contributed by atoms with van der Waals surface area (Å²) in [5.41, 5.74) is -0.395. The lowest BCUT2D eigenvalue weighted by molar-refractivity contribution is -0.134. The Labute approximate surface area is 147 Å². The molecular formula is C18H25N3O4. The zero-order valence-electron chi connectivity index (χ0n) is 14.9. The number of amides is 2. The molecule has 7 heteroatoms. The first-order valence-corrected chi connectivity index (χ1v) is 8.41. The average molecular weight is 347 g/mol. The van der Waals surface area contributed by atoms with E-state index < -0.39 is 11.4 Å². The highest BCUT2D eigenvalue weighted by Gasteiger charge is 2.56. The molecule has 0 radical (unpaired) electrons. The molecule has 1 aromatic rings. The molecule has 1 aliphatic carbocycles. The van der Waals surface area contributed by atoms with Crippen LogP contribution in [0.1, 0.15) is 30.1 Å². The molecule has 0 bridgehead atoms. The van der Waals surface area contributed by atoms with Crippen LogP contribution in [0, 0.1) is 5.41 Å². The van der Waals surface area contributed by atoms with E-state index in [0.717, 1.165) is 0 Å². The maximum absolute atomic E-state index is 12.6. The van der Waals surface area contributed by atoms with Gasteiger partial charge < -0.3 is 20.3 Å². The number of hydrogen-bond acceptors (Lipinski definition) is 5. The minimum atomic E-state index is -1.03. The second kappa shape index (κ2) is 8.11. The number of carbonyl (C=O) groups excluding carboxylic acids is 3. The van der Waals surface area contributed by atoms with Gasteiger partial charge in [0, 0.05) is 13.1 Å². The van der Waals surface area contributed by atoms with Crippen LogP contribution in [-0.4, -0.2) is 56.5 Å². The largest absolute Gasteiger partial charge is 0.462 e. The third-order valence-electron chi connectivity index (χ3n) is 4.13. The van der Waals surface area contributed by atoms with Gasteiger partial charge in [-0.15, -0.1) is 0 Å². The van der Waals surface area contributed by atoms with Gasteiger partial charge in [0.25, 0.3) is 0 Å². The van der Waals surface area contributed by atoms with Gasteiger partial charge >= 0.3 is 5.97 Å². The van der Waals surface area contributed by atoms with E-state index in [1.165, 1.54) is 0 Å². The van der Waals surface area contributed by atoms with E-state index in [-0.39, 0.29) is 24.0 Å². The zero-order chi connectivity index (χ0) is 18.4. The molecule has 7 nitrogen and oxygen atoms in total. The van der Waals surface area contributed by atoms with Crippen molar-refractivity contribution in [2.45, 2.75) is 19.8 Å². The van der Waals surface area contributed by atoms with E-state index >= 15 is 0 Å². The van der Waals surface area contributed by atoms with E-state index in [1.54, 1.807) is 31.2 Å². The Balaban J connectivity index is 2.04. The molecule has 1 aromatic carbocycles. The number of anilines is 1. The number of nitrogens with one attached hydrogen (secondary N) is 2. The Morgan fingerprint density at radius 3 is 2.44 bits per heavy atom. The highest BCUT2D eigenvalue weighted by molar-refractivity contribution is 6.14. The summed E-state index contributed by atoms with van der Waals surface area (Å²) in [6.45, 7) is 3.16. The van der Waals surface area contributed by atoms with Crippen molar-refractivity contribution in [3.63, 3.8) is 0 Å². The summed E-state index contributed by atoms with van der Waals surface area (Å²) in [6, 6.07) is 6.63. The number of hydrogen-bond donors (Lipinski definition) is 2. The van der Waals surface area contributed by atoms with Gasteiger partial charge in [-0.05, 0) is 46.0 Å². The molecule has 0 unspecified atom stereocenters. The smallest absolute Gasteiger partial charge is 0.340 e. The number of nitrogens with zero attached hydrogens (tertiary/aromatic N) is 1. The second-order valence-corrected chi connectivity index (χ2v) is 6.36. The first-order valence-electron chi connectivity index (χ1n) is 8.41. The van der Waals surface area contributed by atoms with Gasteiger partial charge in [-0.2, -0.15) is 0 Å². The molecule has 2 N–H and O–H groups in total. The van der Waals surface area contributed by atoms with E-state index in [4.69, 9.17) is 4.74 Å². The highest BCUT2D eigenvalue weighted by atomic mass is 16.5. The molecule has 2 rings (SSSR count). The molecule has 0 aromatic heterocycles. The number of para-hydroxylation sites is 1. The third kappa shape index (κ3) is 4.57. The normalized spacial score (nSPS) is 14.7. The van der Waals surface area contributed by atoms with Gasteiger partial charge in [0.05, 0.1) is 17.9 Å². The summed E-state index contributed by atoms with van der Waals surface area (Å²) in [7, 11) is 3.83. The number of carbonyl (C=O) groups is 3. The zero-order valence-corrected chi connectivity index (χ0v) is 14.9. The van der Waals surface area contributed by atoms with Crippen LogP contribution in [0.2, 0.25) is 0 Å². The maximum Gasteiger partial charge on any atom is 0.340 e. The van der Waals surface area contributed by atoms with Crippen LogP contribution in [0.15, 0.2) is 24.3 Å². The molecule has 0 aliphatic heterocycles. The van der Waals surface area contributed by atoms with Crippen LogP contribution in [-0.2, 0) is 14.3 Å². The molecule has 0 saturated heterocycles. The monoisotopic (exact) mass is 347 g/mol. The van der Waals surface area contributed by atoms with Crippen molar-refractivity contribution in [3.8, 4) is 0 Å². The molecule has 1 fully saturated rings. The summed E-state index contributed by atoms with van der Waals surface area (Å²) in [6.07, 6.45) is 1.02. The minimum Gasteiger partial charge on any atom is -0.462 e. The van der Waals surface area contributed by atoms with Crippen LogP contribution in [0.5, 0.6) is 0 Å². The number of rotatable bonds is 8. The summed E-state index contributed by atoms with van der Waals surface area (Å²) >= 11 is 0. The van der Waals surface area contributed by atoms with Crippen LogP contribution in [0.4, 0.5) is 5.69 Å². The SMILES string of the molecule is CCOC(=O)c1ccccc1NC(=O)C1(C(=O)NCCN(C)C)CC1. The lowest BCUT2D eigenvalue weighted by Gasteiger charge is -2.17. The summed E-state index contributed by atoms with van der Waals surface area (Å²) < 4.78 is 5.00. The van der Waals surface area contributed by atoms with E-state index in [9.17, 15) is 14.4 Å². The fourth-order valence-corrected chi connectivity index (χ4v) is 2.47. The number of esters is 1. The maximum atomic E-state index is 12.6. The van der Waals surface area contributed by atoms with Crippen molar-refractivity contribution in [1.29, 1.82) is 0 Å². The fourth-order valence-electron chi connectivity index (χ4n) is 2.47. The summed E-state index contributed by atoms with van der Waals surface area (Å²) in [5, 5.41) is 5.53. The Kier molecular flexibility index (Phi) is 6.14. The Bertz CT molecular complexity index is 653. The van der Waals surface area contributed by atoms with E-state index in [2.05, 4.69) is 10.6 Å². The molecule has 25 heavy (non-hydrogen) atoms. The molecular weight excluding hydrogens is 322 g/mol. The molecule has 0 heterocycles. The van der Waals surface area contributed by atoms with Gasteiger partial charge in [-0.1, -0.05) is 12.1 Å². The first-order chi connectivity index (χ1) is 11.9. The van der Waals surface area contributed by atoms with Gasteiger partial charge in [-0.3, -0.25) is 9.59 Å². The van der Waals surface area contributed by atoms with Crippen LogP contribution < -0.4 is 10.6 Å². The van der Waals surface area contributed by atoms with Crippen molar-refractivity contribution < 1.29 is 19.1 Å². The standard InChI is InChI=1S/C18H25N3O4/c1-4-25-15(22)13-7-5-6-8-14(13)20-17(24)18(9-10-18)16(23)19-11-12-21(2)3/h5-8H,4,9-12H2,1-3H3,(H,19,23)(H,20,24). The van der Waals surface area contributed by atoms with E-state index in [0.29, 0.717) is 31.6 Å². The Morgan fingerprint density at radius 1 is 1.16 bits per heavy atom. The van der Waals surface area contributed by atoms with Crippen molar-refractivity contribution in [2.75, 3.05) is 39.1 Å². The van der Waals surface area contributed by atoms with Crippen molar-refractivity contribution in [2.24, 2.45) is 5.41 Å². The second-order valence-electron chi connectivity index (χ2n) is 6.36. The predicted octanol–water partition coefficient (Wildman–Crippen LogP) is 1.26. The topological polar surface area (TPSA) is 87.7 Å². The molecule has 1 saturated carbocycles. The predicted molar refractivity (Wildman–Crippen MR) is 94.3 cm³/mol. The third-order valence-corrected chi connectivity index (χ3v) is 4.13. The molecule has 2 amide bonds. The Morgan fingerprint density at radius 2 is 1.84 bits per heavy atom. The summed E-state index contributed by atoms with van der Waals surface area (Å²) in [4.78, 5) is 39.0. The number of ether oxygens (including phenoxy) is 1. The number of benzene rings is 1. The van der Waals surface area contributed by atoms with Gasteiger partial charge in [0.1, 0.15) is 5.41 Å². The van der Waals surface area contributed by atoms with Crippen molar-refractivity contribution in [3.05, 3.63) is 29.8 Å². The summed E-state index contributed by atoms with van der Waals surface area (Å²) in [5.74, 6) is -1.15. The molecule has 1 aliphatic rings. The van der Waals surface area contributed by atoms with Gasteiger partial charge in [0.2, 0.25) is 11.8 Å². The van der Waals surface area contributed by atoms with E-state index in [1.807, 2.05) is 19.0 Å². The number of likely N-dealkylation sites (N-methyl/N-ethyl adjacent to an activating group) is 1. The van der Waals surface area contributed by atoms with Crippen LogP contribution >= 0.6 is 0 Å². The minimum absolute atomic E-state index is 0.249. The highest BCUT2D eigenvalue weighted by Crippen LogP contribution is 2.47. The molecule has 0 atom stereocenters. The first kappa shape index (κ1) is 18.9. The van der Waals surface area contributed by atoms with Crippen molar-refractivity contribution in [1.82, 2.24) is 10.2 Å².